The van der Waals surface area contributed by atoms with E-state index >= 15 is 0 Å². The molecule has 0 saturated heterocycles. The van der Waals surface area contributed by atoms with Crippen molar-refractivity contribution in [2.75, 3.05) is 6.54 Å². The summed E-state index contributed by atoms with van der Waals surface area (Å²) in [5, 5.41) is 6.65. The van der Waals surface area contributed by atoms with Crippen molar-refractivity contribution in [1.82, 2.24) is 10.6 Å². The van der Waals surface area contributed by atoms with Gasteiger partial charge in [0.05, 0.1) is 12.6 Å². The molecular weight excluding hydrogens is 427 g/mol. The number of aliphatic imine (C=N–C) groups is 1. The molecule has 0 aliphatic rings. The van der Waals surface area contributed by atoms with E-state index < -0.39 is 5.91 Å². The molecule has 0 saturated carbocycles. The number of amides is 1. The van der Waals surface area contributed by atoms with Gasteiger partial charge >= 0.3 is 0 Å². The normalized spacial score (nSPS) is 12.0. The number of benzene rings is 2. The molecule has 5 nitrogen and oxygen atoms in total. The standard InChI is InChI=1S/C19H24N4O.HI/c1-3-21-19(23-14(2)16-7-5-4-6-8-16)22-13-15-9-11-17(12-10-15)18(20)24;/h4-12,14H,3,13H2,1-2H3,(H2,20,24)(H2,21,22,23);1H. The van der Waals surface area contributed by atoms with Crippen molar-refractivity contribution in [3.05, 3.63) is 71.3 Å². The Bertz CT molecular complexity index is 686. The average Bonchev–Trinajstić information content (AvgIpc) is 2.61. The summed E-state index contributed by atoms with van der Waals surface area (Å²) in [7, 11) is 0. The molecule has 0 aromatic heterocycles. The van der Waals surface area contributed by atoms with Crippen molar-refractivity contribution in [2.24, 2.45) is 10.7 Å². The first kappa shape index (κ1) is 21.0. The van der Waals surface area contributed by atoms with Crippen LogP contribution in [-0.2, 0) is 6.54 Å². The summed E-state index contributed by atoms with van der Waals surface area (Å²) < 4.78 is 0. The van der Waals surface area contributed by atoms with Gasteiger partial charge in [0.1, 0.15) is 0 Å². The number of carbonyl (C=O) groups excluding carboxylic acids is 1. The maximum Gasteiger partial charge on any atom is 0.248 e. The van der Waals surface area contributed by atoms with Crippen molar-refractivity contribution in [3.8, 4) is 0 Å². The number of nitrogens with zero attached hydrogens (tertiary/aromatic N) is 1. The molecule has 0 heterocycles. The van der Waals surface area contributed by atoms with Crippen molar-refractivity contribution >= 4 is 35.8 Å². The Morgan fingerprint density at radius 3 is 2.32 bits per heavy atom. The number of hydrogen-bond acceptors (Lipinski definition) is 2. The van der Waals surface area contributed by atoms with Crippen LogP contribution in [0.25, 0.3) is 0 Å². The summed E-state index contributed by atoms with van der Waals surface area (Å²) in [6.07, 6.45) is 0. The Labute approximate surface area is 166 Å². The van der Waals surface area contributed by atoms with Gasteiger partial charge in [-0.05, 0) is 37.1 Å². The minimum atomic E-state index is -0.420. The van der Waals surface area contributed by atoms with E-state index in [1.54, 1.807) is 12.1 Å². The van der Waals surface area contributed by atoms with Crippen LogP contribution in [0.5, 0.6) is 0 Å². The fourth-order valence-corrected chi connectivity index (χ4v) is 2.29. The van der Waals surface area contributed by atoms with Crippen LogP contribution in [-0.4, -0.2) is 18.4 Å². The molecule has 2 aromatic carbocycles. The molecule has 2 rings (SSSR count). The van der Waals surface area contributed by atoms with Crippen LogP contribution in [0.3, 0.4) is 0 Å². The fourth-order valence-electron chi connectivity index (χ4n) is 2.29. The van der Waals surface area contributed by atoms with E-state index in [9.17, 15) is 4.79 Å². The Hall–Kier alpha value is -2.09. The first-order valence-electron chi connectivity index (χ1n) is 8.08. The van der Waals surface area contributed by atoms with Gasteiger partial charge in [0, 0.05) is 12.1 Å². The first-order valence-corrected chi connectivity index (χ1v) is 8.08. The second-order valence-electron chi connectivity index (χ2n) is 5.53. The predicted octanol–water partition coefficient (Wildman–Crippen LogP) is 3.22. The molecular formula is C19H25IN4O. The number of halogens is 1. The summed E-state index contributed by atoms with van der Waals surface area (Å²) in [6.45, 7) is 5.44. The molecule has 1 atom stereocenters. The Kier molecular flexibility index (Phi) is 8.98. The zero-order valence-corrected chi connectivity index (χ0v) is 16.9. The Balaban J connectivity index is 0.00000312. The highest BCUT2D eigenvalue weighted by atomic mass is 127. The van der Waals surface area contributed by atoms with Gasteiger partial charge in [-0.25, -0.2) is 4.99 Å². The molecule has 0 aliphatic heterocycles. The summed E-state index contributed by atoms with van der Waals surface area (Å²) in [5.41, 5.74) is 7.98. The minimum Gasteiger partial charge on any atom is -0.366 e. The Morgan fingerprint density at radius 1 is 1.12 bits per heavy atom. The van der Waals surface area contributed by atoms with Gasteiger partial charge in [0.15, 0.2) is 5.96 Å². The quantitative estimate of drug-likeness (QED) is 0.358. The van der Waals surface area contributed by atoms with Gasteiger partial charge in [-0.3, -0.25) is 4.79 Å². The van der Waals surface area contributed by atoms with Gasteiger partial charge in [-0.2, -0.15) is 0 Å². The largest absolute Gasteiger partial charge is 0.366 e. The highest BCUT2D eigenvalue weighted by Gasteiger charge is 2.07. The lowest BCUT2D eigenvalue weighted by molar-refractivity contribution is 0.100. The number of nitrogens with one attached hydrogen (secondary N) is 2. The van der Waals surface area contributed by atoms with E-state index in [0.717, 1.165) is 18.1 Å². The molecule has 2 aromatic rings. The maximum atomic E-state index is 11.1. The predicted molar refractivity (Wildman–Crippen MR) is 113 cm³/mol. The molecule has 0 bridgehead atoms. The molecule has 6 heteroatoms. The number of rotatable bonds is 6. The number of nitrogens with two attached hydrogens (primary N) is 1. The van der Waals surface area contributed by atoms with Crippen molar-refractivity contribution in [1.29, 1.82) is 0 Å². The lowest BCUT2D eigenvalue weighted by Gasteiger charge is -2.18. The topological polar surface area (TPSA) is 79.5 Å². The minimum absolute atomic E-state index is 0. The molecule has 4 N–H and O–H groups in total. The zero-order chi connectivity index (χ0) is 17.4. The van der Waals surface area contributed by atoms with E-state index in [1.165, 1.54) is 5.56 Å². The van der Waals surface area contributed by atoms with Crippen molar-refractivity contribution in [3.63, 3.8) is 0 Å². The summed E-state index contributed by atoms with van der Waals surface area (Å²) >= 11 is 0. The Morgan fingerprint density at radius 2 is 1.76 bits per heavy atom. The SMILES string of the molecule is CCNC(=NCc1ccc(C(N)=O)cc1)NC(C)c1ccccc1.I. The second kappa shape index (κ2) is 10.7. The fraction of sp³-hybridized carbons (Fsp3) is 0.263. The van der Waals surface area contributed by atoms with Gasteiger partial charge in [0.2, 0.25) is 5.91 Å². The number of carbonyl (C=O) groups is 1. The van der Waals surface area contributed by atoms with Gasteiger partial charge in [-0.15, -0.1) is 24.0 Å². The highest BCUT2D eigenvalue weighted by Crippen LogP contribution is 2.11. The smallest absolute Gasteiger partial charge is 0.248 e. The monoisotopic (exact) mass is 452 g/mol. The lowest BCUT2D eigenvalue weighted by atomic mass is 10.1. The zero-order valence-electron chi connectivity index (χ0n) is 14.5. The third kappa shape index (κ3) is 6.74. The van der Waals surface area contributed by atoms with Crippen LogP contribution in [0.15, 0.2) is 59.6 Å². The van der Waals surface area contributed by atoms with E-state index in [2.05, 4.69) is 34.7 Å². The molecule has 1 amide bonds. The van der Waals surface area contributed by atoms with Crippen LogP contribution in [0.1, 0.15) is 41.4 Å². The number of primary amides is 1. The first-order chi connectivity index (χ1) is 11.6. The summed E-state index contributed by atoms with van der Waals surface area (Å²) in [6, 6.07) is 17.6. The van der Waals surface area contributed by atoms with E-state index in [1.807, 2.05) is 37.3 Å². The molecule has 25 heavy (non-hydrogen) atoms. The van der Waals surface area contributed by atoms with Gasteiger partial charge < -0.3 is 16.4 Å². The summed E-state index contributed by atoms with van der Waals surface area (Å²) in [5.74, 6) is 0.338. The molecule has 0 spiro atoms. The highest BCUT2D eigenvalue weighted by molar-refractivity contribution is 14.0. The molecule has 0 aliphatic carbocycles. The van der Waals surface area contributed by atoms with Crippen LogP contribution < -0.4 is 16.4 Å². The third-order valence-electron chi connectivity index (χ3n) is 3.66. The molecule has 0 fully saturated rings. The number of hydrogen-bond donors (Lipinski definition) is 3. The van der Waals surface area contributed by atoms with Crippen molar-refractivity contribution in [2.45, 2.75) is 26.4 Å². The van der Waals surface area contributed by atoms with Gasteiger partial charge in [-0.1, -0.05) is 42.5 Å². The van der Waals surface area contributed by atoms with E-state index in [0.29, 0.717) is 12.1 Å². The van der Waals surface area contributed by atoms with Crippen LogP contribution >= 0.6 is 24.0 Å². The molecule has 1 unspecified atom stereocenters. The van der Waals surface area contributed by atoms with Gasteiger partial charge in [0.25, 0.3) is 0 Å². The molecule has 0 radical (unpaired) electrons. The maximum absolute atomic E-state index is 11.1. The third-order valence-corrected chi connectivity index (χ3v) is 3.66. The second-order valence-corrected chi connectivity index (χ2v) is 5.53. The molecule has 134 valence electrons. The summed E-state index contributed by atoms with van der Waals surface area (Å²) in [4.78, 5) is 15.7. The van der Waals surface area contributed by atoms with Crippen molar-refractivity contribution < 1.29 is 4.79 Å². The van der Waals surface area contributed by atoms with Crippen LogP contribution in [0.4, 0.5) is 0 Å². The van der Waals surface area contributed by atoms with E-state index in [4.69, 9.17) is 5.73 Å². The van der Waals surface area contributed by atoms with Crippen LogP contribution in [0, 0.1) is 0 Å². The lowest BCUT2D eigenvalue weighted by Crippen LogP contribution is -2.38. The average molecular weight is 452 g/mol. The van der Waals surface area contributed by atoms with E-state index in [-0.39, 0.29) is 30.0 Å². The van der Waals surface area contributed by atoms with Crippen LogP contribution in [0.2, 0.25) is 0 Å². The number of guanidine groups is 1.